The molecule has 1 aliphatic carbocycles. The van der Waals surface area contributed by atoms with Crippen LogP contribution in [0.25, 0.3) is 0 Å². The second-order valence-electron chi connectivity index (χ2n) is 7.22. The quantitative estimate of drug-likeness (QED) is 0.798. The Hall–Kier alpha value is 0.270. The zero-order valence-corrected chi connectivity index (χ0v) is 15.4. The van der Waals surface area contributed by atoms with Gasteiger partial charge in [-0.2, -0.15) is 11.8 Å². The molecule has 2 nitrogen and oxygen atoms in total. The van der Waals surface area contributed by atoms with Crippen molar-refractivity contribution < 1.29 is 0 Å². The minimum Gasteiger partial charge on any atom is -0.314 e. The van der Waals surface area contributed by atoms with Gasteiger partial charge in [-0.05, 0) is 51.0 Å². The molecule has 0 aromatic heterocycles. The summed E-state index contributed by atoms with van der Waals surface area (Å²) in [5.74, 6) is 3.16. The smallest absolute Gasteiger partial charge is 0.0184 e. The molecular formula is C18H36N2S. The Bertz CT molecular complexity index is 297. The fourth-order valence-corrected chi connectivity index (χ4v) is 5.25. The van der Waals surface area contributed by atoms with Crippen LogP contribution in [0.15, 0.2) is 0 Å². The maximum atomic E-state index is 3.85. The van der Waals surface area contributed by atoms with Crippen molar-refractivity contribution in [3.63, 3.8) is 0 Å². The maximum absolute atomic E-state index is 3.85. The molecule has 0 radical (unpaired) electrons. The average Bonchev–Trinajstić information content (AvgIpc) is 2.50. The lowest BCUT2D eigenvalue weighted by molar-refractivity contribution is 0.115. The van der Waals surface area contributed by atoms with Crippen LogP contribution < -0.4 is 5.32 Å². The van der Waals surface area contributed by atoms with Gasteiger partial charge in [-0.3, -0.25) is 4.90 Å². The van der Waals surface area contributed by atoms with Crippen molar-refractivity contribution in [2.45, 2.75) is 77.1 Å². The Balaban J connectivity index is 1.94. The summed E-state index contributed by atoms with van der Waals surface area (Å²) in [5.41, 5.74) is 0. The van der Waals surface area contributed by atoms with E-state index in [2.05, 4.69) is 49.7 Å². The van der Waals surface area contributed by atoms with E-state index in [1.54, 1.807) is 0 Å². The Kier molecular flexibility index (Phi) is 7.37. The van der Waals surface area contributed by atoms with Gasteiger partial charge in [0.05, 0.1) is 0 Å². The molecule has 1 N–H and O–H groups in total. The summed E-state index contributed by atoms with van der Waals surface area (Å²) < 4.78 is 0. The van der Waals surface area contributed by atoms with Crippen LogP contribution in [0.5, 0.6) is 0 Å². The lowest BCUT2D eigenvalue weighted by atomic mass is 9.76. The molecule has 1 saturated heterocycles. The van der Waals surface area contributed by atoms with Gasteiger partial charge in [-0.25, -0.2) is 0 Å². The molecule has 2 fully saturated rings. The molecule has 21 heavy (non-hydrogen) atoms. The number of thioether (sulfide) groups is 1. The molecule has 1 heterocycles. The SMILES string of the molecule is CCCNC1CCC(CC)CC1CN1CCSC(C)C1C. The Morgan fingerprint density at radius 3 is 2.71 bits per heavy atom. The van der Waals surface area contributed by atoms with Gasteiger partial charge in [0.2, 0.25) is 0 Å². The zero-order valence-electron chi connectivity index (χ0n) is 14.6. The van der Waals surface area contributed by atoms with Crippen molar-refractivity contribution in [2.75, 3.05) is 25.4 Å². The largest absolute Gasteiger partial charge is 0.314 e. The highest BCUT2D eigenvalue weighted by molar-refractivity contribution is 8.00. The second-order valence-corrected chi connectivity index (χ2v) is 8.70. The summed E-state index contributed by atoms with van der Waals surface area (Å²) in [5, 5.41) is 4.65. The van der Waals surface area contributed by atoms with Crippen molar-refractivity contribution in [2.24, 2.45) is 11.8 Å². The van der Waals surface area contributed by atoms with Crippen molar-refractivity contribution in [3.05, 3.63) is 0 Å². The van der Waals surface area contributed by atoms with E-state index < -0.39 is 0 Å². The summed E-state index contributed by atoms with van der Waals surface area (Å²) in [4.78, 5) is 2.78. The molecule has 2 aliphatic rings. The number of hydrogen-bond donors (Lipinski definition) is 1. The highest BCUT2D eigenvalue weighted by Gasteiger charge is 2.33. The van der Waals surface area contributed by atoms with Crippen molar-refractivity contribution >= 4 is 11.8 Å². The molecular weight excluding hydrogens is 276 g/mol. The lowest BCUT2D eigenvalue weighted by Crippen LogP contribution is -2.51. The summed E-state index contributed by atoms with van der Waals surface area (Å²) in [6.07, 6.45) is 6.92. The van der Waals surface area contributed by atoms with Crippen LogP contribution in [0.4, 0.5) is 0 Å². The molecule has 0 bridgehead atoms. The summed E-state index contributed by atoms with van der Waals surface area (Å²) in [7, 11) is 0. The van der Waals surface area contributed by atoms with Gasteiger partial charge in [0.1, 0.15) is 0 Å². The van der Waals surface area contributed by atoms with Gasteiger partial charge in [-0.15, -0.1) is 0 Å². The molecule has 0 amide bonds. The molecule has 0 aromatic carbocycles. The van der Waals surface area contributed by atoms with E-state index in [1.807, 2.05) is 0 Å². The third-order valence-corrected chi connectivity index (χ3v) is 7.15. The highest BCUT2D eigenvalue weighted by atomic mass is 32.2. The van der Waals surface area contributed by atoms with E-state index in [-0.39, 0.29) is 0 Å². The van der Waals surface area contributed by atoms with E-state index >= 15 is 0 Å². The first kappa shape index (κ1) is 17.6. The Labute approximate surface area is 136 Å². The number of nitrogens with zero attached hydrogens (tertiary/aromatic N) is 1. The molecule has 1 saturated carbocycles. The van der Waals surface area contributed by atoms with Gasteiger partial charge < -0.3 is 5.32 Å². The normalized spacial score (nSPS) is 38.6. The van der Waals surface area contributed by atoms with E-state index in [9.17, 15) is 0 Å². The molecule has 0 aromatic rings. The van der Waals surface area contributed by atoms with Crippen molar-refractivity contribution in [1.82, 2.24) is 10.2 Å². The molecule has 2 rings (SSSR count). The van der Waals surface area contributed by atoms with Gasteiger partial charge in [0.15, 0.2) is 0 Å². The molecule has 3 heteroatoms. The monoisotopic (exact) mass is 312 g/mol. The fourth-order valence-electron chi connectivity index (χ4n) is 4.09. The third-order valence-electron chi connectivity index (χ3n) is 5.81. The first-order valence-electron chi connectivity index (χ1n) is 9.24. The molecule has 5 atom stereocenters. The number of rotatable bonds is 6. The van der Waals surface area contributed by atoms with Crippen LogP contribution in [0.3, 0.4) is 0 Å². The number of nitrogens with one attached hydrogen (secondary N) is 1. The fraction of sp³-hybridized carbons (Fsp3) is 1.00. The van der Waals surface area contributed by atoms with Crippen LogP contribution in [0, 0.1) is 11.8 Å². The van der Waals surface area contributed by atoms with Crippen LogP contribution in [-0.2, 0) is 0 Å². The zero-order chi connectivity index (χ0) is 15.2. The average molecular weight is 313 g/mol. The predicted octanol–water partition coefficient (Wildman–Crippen LogP) is 4.01. The summed E-state index contributed by atoms with van der Waals surface area (Å²) in [6, 6.07) is 1.52. The molecule has 0 spiro atoms. The topological polar surface area (TPSA) is 15.3 Å². The lowest BCUT2D eigenvalue weighted by Gasteiger charge is -2.44. The molecule has 5 unspecified atom stereocenters. The predicted molar refractivity (Wildman–Crippen MR) is 96.2 cm³/mol. The Morgan fingerprint density at radius 1 is 1.19 bits per heavy atom. The van der Waals surface area contributed by atoms with Crippen LogP contribution in [0.2, 0.25) is 0 Å². The highest BCUT2D eigenvalue weighted by Crippen LogP contribution is 2.34. The van der Waals surface area contributed by atoms with Crippen molar-refractivity contribution in [1.29, 1.82) is 0 Å². The van der Waals surface area contributed by atoms with Gasteiger partial charge in [0.25, 0.3) is 0 Å². The minimum absolute atomic E-state index is 0.748. The third kappa shape index (κ3) is 4.87. The van der Waals surface area contributed by atoms with Crippen LogP contribution in [-0.4, -0.2) is 47.6 Å². The van der Waals surface area contributed by atoms with Crippen LogP contribution >= 0.6 is 11.8 Å². The second kappa shape index (κ2) is 8.79. The van der Waals surface area contributed by atoms with Crippen molar-refractivity contribution in [3.8, 4) is 0 Å². The van der Waals surface area contributed by atoms with Gasteiger partial charge in [0, 0.05) is 36.2 Å². The van der Waals surface area contributed by atoms with Gasteiger partial charge in [-0.1, -0.05) is 27.2 Å². The standard InChI is InChI=1S/C18H36N2S/c1-5-9-19-18-8-7-16(6-2)12-17(18)13-20-10-11-21-15(4)14(20)3/h14-19H,5-13H2,1-4H3. The first-order valence-corrected chi connectivity index (χ1v) is 10.3. The Morgan fingerprint density at radius 2 is 2.00 bits per heavy atom. The van der Waals surface area contributed by atoms with E-state index in [0.717, 1.165) is 29.2 Å². The van der Waals surface area contributed by atoms with Gasteiger partial charge >= 0.3 is 0 Å². The maximum Gasteiger partial charge on any atom is 0.0184 e. The van der Waals surface area contributed by atoms with E-state index in [4.69, 9.17) is 0 Å². The molecule has 124 valence electrons. The van der Waals surface area contributed by atoms with E-state index in [0.29, 0.717) is 0 Å². The van der Waals surface area contributed by atoms with Crippen LogP contribution in [0.1, 0.15) is 59.8 Å². The first-order chi connectivity index (χ1) is 10.2. The number of hydrogen-bond acceptors (Lipinski definition) is 3. The summed E-state index contributed by atoms with van der Waals surface area (Å²) in [6.45, 7) is 13.3. The van der Waals surface area contributed by atoms with E-state index in [1.165, 1.54) is 57.5 Å². The molecule has 1 aliphatic heterocycles. The summed E-state index contributed by atoms with van der Waals surface area (Å²) >= 11 is 2.15. The minimum atomic E-state index is 0.748.